The van der Waals surface area contributed by atoms with Crippen molar-refractivity contribution in [1.29, 1.82) is 0 Å². The van der Waals surface area contributed by atoms with Gasteiger partial charge in [-0.1, -0.05) is 0 Å². The Labute approximate surface area is 143 Å². The predicted octanol–water partition coefficient (Wildman–Crippen LogP) is 2.72. The lowest BCUT2D eigenvalue weighted by Crippen LogP contribution is -2.14. The minimum Gasteiger partial charge on any atom is -0.465 e. The normalized spacial score (nSPS) is 10.5. The van der Waals surface area contributed by atoms with Crippen molar-refractivity contribution < 1.29 is 18.7 Å². The van der Waals surface area contributed by atoms with E-state index >= 15 is 0 Å². The van der Waals surface area contributed by atoms with Crippen molar-refractivity contribution in [3.63, 3.8) is 0 Å². The lowest BCUT2D eigenvalue weighted by Gasteiger charge is -2.05. The van der Waals surface area contributed by atoms with Gasteiger partial charge in [0.25, 0.3) is 5.91 Å². The molecule has 0 radical (unpaired) electrons. The number of ether oxygens (including phenoxy) is 1. The Morgan fingerprint density at radius 1 is 1.20 bits per heavy atom. The van der Waals surface area contributed by atoms with Gasteiger partial charge in [0.2, 0.25) is 12.3 Å². The third kappa shape index (κ3) is 3.14. The van der Waals surface area contributed by atoms with Gasteiger partial charge in [-0.2, -0.15) is 0 Å². The Kier molecular flexibility index (Phi) is 4.34. The number of carbonyl (C=O) groups is 2. The maximum Gasteiger partial charge on any atom is 0.339 e. The smallest absolute Gasteiger partial charge is 0.339 e. The summed E-state index contributed by atoms with van der Waals surface area (Å²) < 4.78 is 9.86. The van der Waals surface area contributed by atoms with Crippen LogP contribution in [-0.4, -0.2) is 34.2 Å². The van der Waals surface area contributed by atoms with Gasteiger partial charge in [-0.05, 0) is 43.7 Å². The molecule has 0 saturated heterocycles. The monoisotopic (exact) mass is 340 g/mol. The third-order valence-corrected chi connectivity index (χ3v) is 3.80. The van der Waals surface area contributed by atoms with Gasteiger partial charge in [0, 0.05) is 16.9 Å². The first-order chi connectivity index (χ1) is 12.0. The second-order valence-corrected chi connectivity index (χ2v) is 5.39. The lowest BCUT2D eigenvalue weighted by atomic mass is 10.1. The average Bonchev–Trinajstić information content (AvgIpc) is 3.23. The quantitative estimate of drug-likeness (QED) is 0.707. The Hall–Kier alpha value is -3.42. The zero-order valence-electron chi connectivity index (χ0n) is 13.9. The van der Waals surface area contributed by atoms with Crippen molar-refractivity contribution >= 4 is 17.6 Å². The number of benzene rings is 1. The molecule has 0 atom stereocenters. The summed E-state index contributed by atoms with van der Waals surface area (Å²) in [6.07, 6.45) is 1.25. The minimum absolute atomic E-state index is 0.318. The van der Waals surface area contributed by atoms with Gasteiger partial charge in [0.05, 0.1) is 12.7 Å². The van der Waals surface area contributed by atoms with E-state index in [-0.39, 0.29) is 5.91 Å². The molecule has 8 heteroatoms. The van der Waals surface area contributed by atoms with Gasteiger partial charge < -0.3 is 19.5 Å². The summed E-state index contributed by atoms with van der Waals surface area (Å²) in [4.78, 5) is 27.2. The van der Waals surface area contributed by atoms with Crippen LogP contribution in [0.15, 0.2) is 35.1 Å². The van der Waals surface area contributed by atoms with Crippen LogP contribution in [-0.2, 0) is 4.74 Å². The molecule has 2 aromatic heterocycles. The average molecular weight is 340 g/mol. The number of aromatic nitrogens is 3. The first-order valence-electron chi connectivity index (χ1n) is 7.46. The Bertz CT molecular complexity index is 911. The Balaban J connectivity index is 1.80. The highest BCUT2D eigenvalue weighted by atomic mass is 16.5. The molecule has 0 aliphatic heterocycles. The standard InChI is InChI=1S/C17H16N4O4/c1-9-13(17(23)24-3)10(2)19-14(9)15(22)20-12-6-4-11(5-7-12)16-21-18-8-25-16/h4-8,19H,1-3H3,(H,20,22). The van der Waals surface area contributed by atoms with Gasteiger partial charge in [-0.15, -0.1) is 10.2 Å². The molecule has 128 valence electrons. The van der Waals surface area contributed by atoms with Gasteiger partial charge in [-0.3, -0.25) is 4.79 Å². The molecule has 8 nitrogen and oxygen atoms in total. The third-order valence-electron chi connectivity index (χ3n) is 3.80. The van der Waals surface area contributed by atoms with E-state index in [1.165, 1.54) is 13.5 Å². The van der Waals surface area contributed by atoms with Gasteiger partial charge >= 0.3 is 5.97 Å². The first-order valence-corrected chi connectivity index (χ1v) is 7.46. The molecule has 3 rings (SSSR count). The Morgan fingerprint density at radius 2 is 1.92 bits per heavy atom. The van der Waals surface area contributed by atoms with Crippen LogP contribution in [0.5, 0.6) is 0 Å². The first kappa shape index (κ1) is 16.4. The fraction of sp³-hybridized carbons (Fsp3) is 0.176. The molecular formula is C17H16N4O4. The van der Waals surface area contributed by atoms with Crippen molar-refractivity contribution in [3.05, 3.63) is 53.2 Å². The summed E-state index contributed by atoms with van der Waals surface area (Å²) >= 11 is 0. The molecular weight excluding hydrogens is 324 g/mol. The number of aryl methyl sites for hydroxylation is 1. The van der Waals surface area contributed by atoms with Crippen molar-refractivity contribution in [2.24, 2.45) is 0 Å². The summed E-state index contributed by atoms with van der Waals surface area (Å²) in [5, 5.41) is 10.2. The van der Waals surface area contributed by atoms with Crippen molar-refractivity contribution in [1.82, 2.24) is 15.2 Å². The number of aromatic amines is 1. The fourth-order valence-corrected chi connectivity index (χ4v) is 2.57. The highest BCUT2D eigenvalue weighted by Gasteiger charge is 2.22. The molecule has 0 unspecified atom stereocenters. The molecule has 1 aromatic carbocycles. The van der Waals surface area contributed by atoms with E-state index in [2.05, 4.69) is 20.5 Å². The van der Waals surface area contributed by atoms with Crippen LogP contribution < -0.4 is 5.32 Å². The van der Waals surface area contributed by atoms with Gasteiger partial charge in [-0.25, -0.2) is 4.79 Å². The number of hydrogen-bond donors (Lipinski definition) is 2. The van der Waals surface area contributed by atoms with Crippen LogP contribution in [0.2, 0.25) is 0 Å². The number of methoxy groups -OCH3 is 1. The maximum absolute atomic E-state index is 12.5. The number of nitrogens with zero attached hydrogens (tertiary/aromatic N) is 2. The molecule has 0 saturated carbocycles. The van der Waals surface area contributed by atoms with E-state index < -0.39 is 5.97 Å². The molecule has 0 aliphatic carbocycles. The van der Waals surface area contributed by atoms with Crippen LogP contribution in [0, 0.1) is 13.8 Å². The number of carbonyl (C=O) groups excluding carboxylic acids is 2. The number of amides is 1. The molecule has 25 heavy (non-hydrogen) atoms. The number of esters is 1. The van der Waals surface area contributed by atoms with Crippen LogP contribution in [0.3, 0.4) is 0 Å². The molecule has 0 aliphatic rings. The van der Waals surface area contributed by atoms with E-state index in [1.807, 2.05) is 0 Å². The maximum atomic E-state index is 12.5. The second kappa shape index (κ2) is 6.60. The highest BCUT2D eigenvalue weighted by molar-refractivity contribution is 6.06. The molecule has 0 bridgehead atoms. The number of nitrogens with one attached hydrogen (secondary N) is 2. The Morgan fingerprint density at radius 3 is 2.52 bits per heavy atom. The van der Waals surface area contributed by atoms with Crippen LogP contribution in [0.4, 0.5) is 5.69 Å². The van der Waals surface area contributed by atoms with Crippen LogP contribution in [0.1, 0.15) is 32.1 Å². The zero-order valence-corrected chi connectivity index (χ0v) is 13.9. The second-order valence-electron chi connectivity index (χ2n) is 5.39. The minimum atomic E-state index is -0.478. The van der Waals surface area contributed by atoms with E-state index in [0.717, 1.165) is 5.56 Å². The number of hydrogen-bond acceptors (Lipinski definition) is 6. The number of anilines is 1. The summed E-state index contributed by atoms with van der Waals surface area (Å²) in [5.41, 5.74) is 3.17. The lowest BCUT2D eigenvalue weighted by molar-refractivity contribution is 0.0599. The summed E-state index contributed by atoms with van der Waals surface area (Å²) in [6.45, 7) is 3.42. The summed E-state index contributed by atoms with van der Waals surface area (Å²) in [7, 11) is 1.30. The SMILES string of the molecule is COC(=O)c1c(C)[nH]c(C(=O)Nc2ccc(-c3nnco3)cc2)c1C. The van der Waals surface area contributed by atoms with E-state index in [0.29, 0.717) is 34.1 Å². The predicted molar refractivity (Wildman–Crippen MR) is 89.3 cm³/mol. The largest absolute Gasteiger partial charge is 0.465 e. The van der Waals surface area contributed by atoms with E-state index in [4.69, 9.17) is 9.15 Å². The highest BCUT2D eigenvalue weighted by Crippen LogP contribution is 2.22. The molecule has 1 amide bonds. The van der Waals surface area contributed by atoms with Crippen molar-refractivity contribution in [2.75, 3.05) is 12.4 Å². The summed E-state index contributed by atoms with van der Waals surface area (Å²) in [5.74, 6) is -0.424. The molecule has 0 spiro atoms. The van der Waals surface area contributed by atoms with Gasteiger partial charge in [0.15, 0.2) is 0 Å². The summed E-state index contributed by atoms with van der Waals surface area (Å²) in [6, 6.07) is 6.97. The van der Waals surface area contributed by atoms with Crippen molar-refractivity contribution in [3.8, 4) is 11.5 Å². The molecule has 0 fully saturated rings. The van der Waals surface area contributed by atoms with Crippen molar-refractivity contribution in [2.45, 2.75) is 13.8 Å². The molecule has 2 N–H and O–H groups in total. The van der Waals surface area contributed by atoms with Gasteiger partial charge in [0.1, 0.15) is 5.69 Å². The zero-order chi connectivity index (χ0) is 18.0. The van der Waals surface area contributed by atoms with E-state index in [1.54, 1.807) is 38.1 Å². The number of rotatable bonds is 4. The van der Waals surface area contributed by atoms with E-state index in [9.17, 15) is 9.59 Å². The number of H-pyrrole nitrogens is 1. The topological polar surface area (TPSA) is 110 Å². The fourth-order valence-electron chi connectivity index (χ4n) is 2.57. The molecule has 3 aromatic rings. The van der Waals surface area contributed by atoms with Crippen LogP contribution >= 0.6 is 0 Å². The van der Waals surface area contributed by atoms with Crippen LogP contribution in [0.25, 0.3) is 11.5 Å². The molecule has 2 heterocycles.